The van der Waals surface area contributed by atoms with Crippen molar-refractivity contribution in [3.05, 3.63) is 15.9 Å². The maximum atomic E-state index is 4.57. The fourth-order valence-corrected chi connectivity index (χ4v) is 1.97. The highest BCUT2D eigenvalue weighted by Crippen LogP contribution is 2.29. The molecule has 0 aliphatic heterocycles. The first-order valence-corrected chi connectivity index (χ1v) is 5.40. The molecular weight excluding hydrogens is 228 g/mol. The Bertz CT molecular complexity index is 307. The molecule has 3 heteroatoms. The molecule has 1 heterocycles. The van der Waals surface area contributed by atoms with Crippen LogP contribution in [0.5, 0.6) is 0 Å². The lowest BCUT2D eigenvalue weighted by atomic mass is 9.90. The average molecular weight is 245 g/mol. The second kappa shape index (κ2) is 3.45. The molecule has 0 atom stereocenters. The number of aromatic nitrogens is 2. The van der Waals surface area contributed by atoms with Crippen LogP contribution in [0.4, 0.5) is 0 Å². The van der Waals surface area contributed by atoms with E-state index in [4.69, 9.17) is 0 Å². The first kappa shape index (κ1) is 10.8. The van der Waals surface area contributed by atoms with E-state index in [2.05, 4.69) is 55.6 Å². The summed E-state index contributed by atoms with van der Waals surface area (Å²) in [5.41, 5.74) is 2.57. The summed E-state index contributed by atoms with van der Waals surface area (Å²) >= 11 is 3.55. The average Bonchev–Trinajstić information content (AvgIpc) is 2.28. The SMILES string of the molecule is CCn1nc(C(C)(C)C)c(C)c1Br. The second-order valence-electron chi connectivity index (χ2n) is 4.33. The van der Waals surface area contributed by atoms with Gasteiger partial charge in [0.15, 0.2) is 0 Å². The van der Waals surface area contributed by atoms with E-state index in [1.165, 1.54) is 11.3 Å². The Kier molecular flexibility index (Phi) is 2.85. The smallest absolute Gasteiger partial charge is 0.107 e. The summed E-state index contributed by atoms with van der Waals surface area (Å²) in [7, 11) is 0. The fourth-order valence-electron chi connectivity index (χ4n) is 1.45. The van der Waals surface area contributed by atoms with E-state index in [1.807, 2.05) is 4.68 Å². The molecule has 0 unspecified atom stereocenters. The molecule has 0 aliphatic rings. The van der Waals surface area contributed by atoms with Crippen LogP contribution >= 0.6 is 15.9 Å². The van der Waals surface area contributed by atoms with Crippen LogP contribution in [0.3, 0.4) is 0 Å². The molecular formula is C10H17BrN2. The predicted octanol–water partition coefficient (Wildman–Crippen LogP) is 3.27. The molecule has 0 amide bonds. The molecule has 0 N–H and O–H groups in total. The third-order valence-corrected chi connectivity index (χ3v) is 3.13. The number of hydrogen-bond donors (Lipinski definition) is 0. The van der Waals surface area contributed by atoms with E-state index in [0.717, 1.165) is 11.1 Å². The predicted molar refractivity (Wildman–Crippen MR) is 59.0 cm³/mol. The molecule has 0 bridgehead atoms. The van der Waals surface area contributed by atoms with Gasteiger partial charge in [-0.15, -0.1) is 0 Å². The third-order valence-electron chi connectivity index (χ3n) is 2.12. The minimum Gasteiger partial charge on any atom is -0.258 e. The van der Waals surface area contributed by atoms with Crippen LogP contribution in [-0.2, 0) is 12.0 Å². The van der Waals surface area contributed by atoms with E-state index in [0.29, 0.717) is 0 Å². The molecule has 13 heavy (non-hydrogen) atoms. The van der Waals surface area contributed by atoms with Gasteiger partial charge in [-0.2, -0.15) is 5.10 Å². The summed E-state index contributed by atoms with van der Waals surface area (Å²) < 4.78 is 3.11. The van der Waals surface area contributed by atoms with Gasteiger partial charge in [0, 0.05) is 17.5 Å². The lowest BCUT2D eigenvalue weighted by Gasteiger charge is -2.15. The van der Waals surface area contributed by atoms with Crippen LogP contribution in [0.25, 0.3) is 0 Å². The summed E-state index contributed by atoms with van der Waals surface area (Å²) in [6.07, 6.45) is 0. The van der Waals surface area contributed by atoms with Gasteiger partial charge in [-0.1, -0.05) is 20.8 Å². The van der Waals surface area contributed by atoms with E-state index in [1.54, 1.807) is 0 Å². The lowest BCUT2D eigenvalue weighted by molar-refractivity contribution is 0.537. The zero-order valence-electron chi connectivity index (χ0n) is 8.98. The van der Waals surface area contributed by atoms with Crippen LogP contribution in [0, 0.1) is 6.92 Å². The maximum Gasteiger partial charge on any atom is 0.107 e. The molecule has 0 aromatic carbocycles. The van der Waals surface area contributed by atoms with Gasteiger partial charge in [-0.25, -0.2) is 0 Å². The van der Waals surface area contributed by atoms with E-state index in [9.17, 15) is 0 Å². The number of nitrogens with zero attached hydrogens (tertiary/aromatic N) is 2. The van der Waals surface area contributed by atoms with Crippen LogP contribution in [0.2, 0.25) is 0 Å². The second-order valence-corrected chi connectivity index (χ2v) is 5.08. The Hall–Kier alpha value is -0.310. The van der Waals surface area contributed by atoms with Crippen molar-refractivity contribution >= 4 is 15.9 Å². The van der Waals surface area contributed by atoms with Gasteiger partial charge in [-0.05, 0) is 29.8 Å². The zero-order chi connectivity index (χ0) is 10.2. The molecule has 0 saturated heterocycles. The summed E-state index contributed by atoms with van der Waals surface area (Å²) in [5.74, 6) is 0. The highest BCUT2D eigenvalue weighted by atomic mass is 79.9. The molecule has 1 aromatic rings. The Morgan fingerprint density at radius 3 is 2.15 bits per heavy atom. The van der Waals surface area contributed by atoms with Gasteiger partial charge >= 0.3 is 0 Å². The molecule has 0 radical (unpaired) electrons. The number of halogens is 1. The standard InChI is InChI=1S/C10H17BrN2/c1-6-13-9(11)7(2)8(12-13)10(3,4)5/h6H2,1-5H3. The quantitative estimate of drug-likeness (QED) is 0.742. The minimum atomic E-state index is 0.132. The van der Waals surface area contributed by atoms with Crippen molar-refractivity contribution in [1.82, 2.24) is 9.78 Å². The molecule has 2 nitrogen and oxygen atoms in total. The van der Waals surface area contributed by atoms with Crippen molar-refractivity contribution in [3.63, 3.8) is 0 Å². The minimum absolute atomic E-state index is 0.132. The Labute approximate surface area is 88.5 Å². The molecule has 1 aromatic heterocycles. The van der Waals surface area contributed by atoms with Crippen molar-refractivity contribution < 1.29 is 0 Å². The largest absolute Gasteiger partial charge is 0.258 e. The third kappa shape index (κ3) is 1.96. The molecule has 0 fully saturated rings. The highest BCUT2D eigenvalue weighted by Gasteiger charge is 2.22. The Balaban J connectivity index is 3.25. The van der Waals surface area contributed by atoms with Crippen molar-refractivity contribution in [2.45, 2.75) is 46.6 Å². The first-order valence-electron chi connectivity index (χ1n) is 4.61. The molecule has 1 rings (SSSR count). The summed E-state index contributed by atoms with van der Waals surface area (Å²) in [6.45, 7) is 11.7. The normalized spacial score (nSPS) is 12.2. The van der Waals surface area contributed by atoms with E-state index < -0.39 is 0 Å². The molecule has 0 spiro atoms. The molecule has 0 aliphatic carbocycles. The van der Waals surface area contributed by atoms with Gasteiger partial charge < -0.3 is 0 Å². The zero-order valence-corrected chi connectivity index (χ0v) is 10.6. The van der Waals surface area contributed by atoms with Gasteiger partial charge in [0.05, 0.1) is 5.69 Å². The van der Waals surface area contributed by atoms with Crippen LogP contribution < -0.4 is 0 Å². The topological polar surface area (TPSA) is 17.8 Å². The van der Waals surface area contributed by atoms with E-state index in [-0.39, 0.29) is 5.41 Å². The summed E-state index contributed by atoms with van der Waals surface area (Å²) in [6, 6.07) is 0. The van der Waals surface area contributed by atoms with Crippen molar-refractivity contribution in [2.24, 2.45) is 0 Å². The van der Waals surface area contributed by atoms with E-state index >= 15 is 0 Å². The van der Waals surface area contributed by atoms with Crippen LogP contribution in [0.15, 0.2) is 4.60 Å². The Morgan fingerprint density at radius 1 is 1.38 bits per heavy atom. The first-order chi connectivity index (χ1) is 5.88. The Morgan fingerprint density at radius 2 is 1.92 bits per heavy atom. The summed E-state index contributed by atoms with van der Waals surface area (Å²) in [5, 5.41) is 4.57. The maximum absolute atomic E-state index is 4.57. The van der Waals surface area contributed by atoms with Crippen LogP contribution in [-0.4, -0.2) is 9.78 Å². The lowest BCUT2D eigenvalue weighted by Crippen LogP contribution is -2.14. The highest BCUT2D eigenvalue weighted by molar-refractivity contribution is 9.10. The monoisotopic (exact) mass is 244 g/mol. The van der Waals surface area contributed by atoms with Crippen molar-refractivity contribution in [1.29, 1.82) is 0 Å². The number of aryl methyl sites for hydroxylation is 1. The summed E-state index contributed by atoms with van der Waals surface area (Å²) in [4.78, 5) is 0. The molecule has 0 saturated carbocycles. The van der Waals surface area contributed by atoms with Gasteiger partial charge in [0.25, 0.3) is 0 Å². The van der Waals surface area contributed by atoms with Crippen molar-refractivity contribution in [3.8, 4) is 0 Å². The van der Waals surface area contributed by atoms with Crippen LogP contribution in [0.1, 0.15) is 39.0 Å². The van der Waals surface area contributed by atoms with Gasteiger partial charge in [0.2, 0.25) is 0 Å². The fraction of sp³-hybridized carbons (Fsp3) is 0.700. The van der Waals surface area contributed by atoms with Gasteiger partial charge in [0.1, 0.15) is 4.60 Å². The van der Waals surface area contributed by atoms with Gasteiger partial charge in [-0.3, -0.25) is 4.68 Å². The van der Waals surface area contributed by atoms with Crippen molar-refractivity contribution in [2.75, 3.05) is 0 Å². The molecule has 74 valence electrons. The number of hydrogen-bond acceptors (Lipinski definition) is 1. The number of rotatable bonds is 1.